The molecule has 0 amide bonds. The minimum Gasteiger partial charge on any atom is -0.478 e. The van der Waals surface area contributed by atoms with Crippen LogP contribution in [0.15, 0.2) is 23.3 Å². The molecule has 1 N–H and O–H groups in total. The number of anilines is 1. The molecule has 2 rings (SSSR count). The monoisotopic (exact) mass is 425 g/mol. The van der Waals surface area contributed by atoms with Crippen LogP contribution in [0.4, 0.5) is 5.69 Å². The van der Waals surface area contributed by atoms with Crippen LogP contribution in [0.3, 0.4) is 0 Å². The van der Waals surface area contributed by atoms with Gasteiger partial charge in [-0.25, -0.2) is 4.79 Å². The van der Waals surface area contributed by atoms with Crippen LogP contribution in [0.1, 0.15) is 19.8 Å². The Kier molecular flexibility index (Phi) is 5.20. The van der Waals surface area contributed by atoms with Gasteiger partial charge in [-0.1, -0.05) is 30.1 Å². The number of carboxylic acid groups (broad SMARTS) is 1. The summed E-state index contributed by atoms with van der Waals surface area (Å²) in [6.45, 7) is 3.29. The first-order valence-electron chi connectivity index (χ1n) is 6.27. The Hall–Kier alpha value is -0.460. The molecule has 1 saturated heterocycles. The van der Waals surface area contributed by atoms with Gasteiger partial charge in [0.05, 0.1) is 14.3 Å². The standard InChI is InChI=1S/C14H14Cl2INO2/c1-2-10(14(19)20)8-3-4-18(7-8)12-6-9(15)5-11(16)13(12)17/h5-6H,2-4,7H2,1H3,(H,19,20)/b10-8+. The zero-order valence-corrected chi connectivity index (χ0v) is 14.6. The molecule has 0 unspecified atom stereocenters. The van der Waals surface area contributed by atoms with E-state index in [2.05, 4.69) is 27.5 Å². The van der Waals surface area contributed by atoms with Gasteiger partial charge in [0.15, 0.2) is 0 Å². The van der Waals surface area contributed by atoms with Gasteiger partial charge in [0.1, 0.15) is 0 Å². The number of hydrogen-bond donors (Lipinski definition) is 1. The lowest BCUT2D eigenvalue weighted by Crippen LogP contribution is -2.19. The molecule has 3 nitrogen and oxygen atoms in total. The van der Waals surface area contributed by atoms with Crippen molar-refractivity contribution in [1.29, 1.82) is 0 Å². The topological polar surface area (TPSA) is 40.5 Å². The SMILES string of the molecule is CC/C(C(=O)O)=C1/CCN(c2cc(Cl)cc(Cl)c2I)C1. The van der Waals surface area contributed by atoms with E-state index in [4.69, 9.17) is 23.2 Å². The summed E-state index contributed by atoms with van der Waals surface area (Å²) in [5.41, 5.74) is 2.49. The number of halogens is 3. The van der Waals surface area contributed by atoms with Gasteiger partial charge in [-0.2, -0.15) is 0 Å². The van der Waals surface area contributed by atoms with Gasteiger partial charge in [-0.3, -0.25) is 0 Å². The normalized spacial score (nSPS) is 17.5. The van der Waals surface area contributed by atoms with Crippen molar-refractivity contribution in [2.45, 2.75) is 19.8 Å². The van der Waals surface area contributed by atoms with E-state index in [1.807, 2.05) is 13.0 Å². The molecule has 108 valence electrons. The smallest absolute Gasteiger partial charge is 0.331 e. The fourth-order valence-electron chi connectivity index (χ4n) is 2.44. The van der Waals surface area contributed by atoms with Crippen molar-refractivity contribution in [3.63, 3.8) is 0 Å². The molecule has 1 aliphatic heterocycles. The Morgan fingerprint density at radius 3 is 2.75 bits per heavy atom. The Labute approximate surface area is 141 Å². The lowest BCUT2D eigenvalue weighted by atomic mass is 10.1. The summed E-state index contributed by atoms with van der Waals surface area (Å²) in [5.74, 6) is -0.817. The predicted molar refractivity (Wildman–Crippen MR) is 91.0 cm³/mol. The van der Waals surface area contributed by atoms with Gasteiger partial charge in [-0.05, 0) is 53.1 Å². The van der Waals surface area contributed by atoms with Crippen LogP contribution >= 0.6 is 45.8 Å². The summed E-state index contributed by atoms with van der Waals surface area (Å²) in [4.78, 5) is 13.3. The number of nitrogens with zero attached hydrogens (tertiary/aromatic N) is 1. The number of carboxylic acids is 1. The van der Waals surface area contributed by atoms with Gasteiger partial charge in [0, 0.05) is 23.7 Å². The van der Waals surface area contributed by atoms with E-state index in [9.17, 15) is 9.90 Å². The highest BCUT2D eigenvalue weighted by Crippen LogP contribution is 2.36. The number of carbonyl (C=O) groups is 1. The summed E-state index contributed by atoms with van der Waals surface area (Å²) < 4.78 is 0.947. The molecule has 6 heteroatoms. The average molecular weight is 426 g/mol. The molecule has 0 radical (unpaired) electrons. The third kappa shape index (κ3) is 3.23. The molecule has 20 heavy (non-hydrogen) atoms. The molecule has 0 spiro atoms. The molecule has 0 aliphatic carbocycles. The second-order valence-corrected chi connectivity index (χ2v) is 6.56. The van der Waals surface area contributed by atoms with E-state index in [0.717, 1.165) is 27.8 Å². The van der Waals surface area contributed by atoms with Crippen molar-refractivity contribution in [3.8, 4) is 0 Å². The fourth-order valence-corrected chi connectivity index (χ4v) is 3.57. The van der Waals surface area contributed by atoms with E-state index in [1.54, 1.807) is 6.07 Å². The molecular weight excluding hydrogens is 412 g/mol. The summed E-state index contributed by atoms with van der Waals surface area (Å²) in [7, 11) is 0. The number of aliphatic carboxylic acids is 1. The Bertz CT molecular complexity index is 587. The predicted octanol–water partition coefficient (Wildman–Crippen LogP) is 4.60. The second-order valence-electron chi connectivity index (χ2n) is 4.63. The largest absolute Gasteiger partial charge is 0.478 e. The van der Waals surface area contributed by atoms with Gasteiger partial charge < -0.3 is 10.0 Å². The highest BCUT2D eigenvalue weighted by atomic mass is 127. The zero-order chi connectivity index (χ0) is 14.9. The lowest BCUT2D eigenvalue weighted by molar-refractivity contribution is -0.132. The number of hydrogen-bond acceptors (Lipinski definition) is 2. The van der Waals surface area contributed by atoms with Crippen molar-refractivity contribution in [1.82, 2.24) is 0 Å². The first-order chi connectivity index (χ1) is 9.43. The molecule has 0 saturated carbocycles. The Morgan fingerprint density at radius 1 is 1.45 bits per heavy atom. The fraction of sp³-hybridized carbons (Fsp3) is 0.357. The van der Waals surface area contributed by atoms with E-state index >= 15 is 0 Å². The summed E-state index contributed by atoms with van der Waals surface area (Å²) in [5, 5.41) is 10.4. The molecular formula is C14H14Cl2INO2. The molecule has 0 atom stereocenters. The molecule has 1 aromatic rings. The van der Waals surface area contributed by atoms with Gasteiger partial charge >= 0.3 is 5.97 Å². The maximum absolute atomic E-state index is 11.2. The Balaban J connectivity index is 2.33. The van der Waals surface area contributed by atoms with Crippen LogP contribution in [-0.2, 0) is 4.79 Å². The average Bonchev–Trinajstić information content (AvgIpc) is 2.83. The maximum atomic E-state index is 11.2. The quantitative estimate of drug-likeness (QED) is 0.437. The second kappa shape index (κ2) is 6.54. The first kappa shape index (κ1) is 15.9. The summed E-state index contributed by atoms with van der Waals surface area (Å²) in [6, 6.07) is 3.60. The van der Waals surface area contributed by atoms with Crippen LogP contribution in [0.25, 0.3) is 0 Å². The zero-order valence-electron chi connectivity index (χ0n) is 10.9. The van der Waals surface area contributed by atoms with Crippen LogP contribution < -0.4 is 4.90 Å². The molecule has 1 aromatic carbocycles. The van der Waals surface area contributed by atoms with Crippen molar-refractivity contribution >= 4 is 57.4 Å². The summed E-state index contributed by atoms with van der Waals surface area (Å²) in [6.07, 6.45) is 1.32. The van der Waals surface area contributed by atoms with Crippen molar-refractivity contribution in [2.24, 2.45) is 0 Å². The van der Waals surface area contributed by atoms with Gasteiger partial charge in [0.2, 0.25) is 0 Å². The van der Waals surface area contributed by atoms with E-state index in [0.29, 0.717) is 28.6 Å². The van der Waals surface area contributed by atoms with Crippen molar-refractivity contribution < 1.29 is 9.90 Å². The minimum atomic E-state index is -0.817. The van der Waals surface area contributed by atoms with E-state index in [-0.39, 0.29) is 0 Å². The summed E-state index contributed by atoms with van der Waals surface area (Å²) >= 11 is 14.4. The maximum Gasteiger partial charge on any atom is 0.331 e. The van der Waals surface area contributed by atoms with Crippen LogP contribution in [0.5, 0.6) is 0 Å². The number of rotatable bonds is 3. The van der Waals surface area contributed by atoms with Crippen molar-refractivity contribution in [3.05, 3.63) is 36.9 Å². The molecule has 0 aromatic heterocycles. The van der Waals surface area contributed by atoms with Crippen LogP contribution in [0.2, 0.25) is 10.0 Å². The number of benzene rings is 1. The highest BCUT2D eigenvalue weighted by molar-refractivity contribution is 14.1. The minimum absolute atomic E-state index is 0.524. The molecule has 1 aliphatic rings. The van der Waals surface area contributed by atoms with Gasteiger partial charge in [0.25, 0.3) is 0 Å². The lowest BCUT2D eigenvalue weighted by Gasteiger charge is -2.20. The van der Waals surface area contributed by atoms with Crippen LogP contribution in [0, 0.1) is 3.57 Å². The Morgan fingerprint density at radius 2 is 2.15 bits per heavy atom. The third-order valence-electron chi connectivity index (χ3n) is 3.42. The molecule has 0 bridgehead atoms. The molecule has 1 fully saturated rings. The third-order valence-corrected chi connectivity index (χ3v) is 5.39. The molecule has 1 heterocycles. The van der Waals surface area contributed by atoms with Crippen LogP contribution in [-0.4, -0.2) is 24.2 Å². The van der Waals surface area contributed by atoms with Crippen molar-refractivity contribution in [2.75, 3.05) is 18.0 Å². The first-order valence-corrected chi connectivity index (χ1v) is 8.11. The van der Waals surface area contributed by atoms with Gasteiger partial charge in [-0.15, -0.1) is 0 Å². The van der Waals surface area contributed by atoms with E-state index in [1.165, 1.54) is 0 Å². The van der Waals surface area contributed by atoms with E-state index < -0.39 is 5.97 Å². The highest BCUT2D eigenvalue weighted by Gasteiger charge is 2.24.